The van der Waals surface area contributed by atoms with Gasteiger partial charge in [0.2, 0.25) is 0 Å². The normalized spacial score (nSPS) is 12.4. The van der Waals surface area contributed by atoms with Gasteiger partial charge in [0, 0.05) is 0 Å². The molecule has 0 aromatic heterocycles. The first-order valence-electron chi connectivity index (χ1n) is 3.47. The fourth-order valence-corrected chi connectivity index (χ4v) is 3.22. The summed E-state index contributed by atoms with van der Waals surface area (Å²) >= 11 is 0. The zero-order valence-corrected chi connectivity index (χ0v) is 9.80. The summed E-state index contributed by atoms with van der Waals surface area (Å²) in [5, 5.41) is 0. The Balaban J connectivity index is 0. The lowest BCUT2D eigenvalue weighted by molar-refractivity contribution is 0.383. The largest absolute Gasteiger partial charge is 0.344 e. The Labute approximate surface area is 75.4 Å². The van der Waals surface area contributed by atoms with Crippen LogP contribution < -0.4 is 6.15 Å². The van der Waals surface area contributed by atoms with Gasteiger partial charge in [-0.25, -0.2) is 14.0 Å². The first kappa shape index (κ1) is 14.6. The van der Waals surface area contributed by atoms with Gasteiger partial charge in [0.15, 0.2) is 0 Å². The molecule has 0 saturated carbocycles. The van der Waals surface area contributed by atoms with E-state index in [0.717, 1.165) is 0 Å². The predicted octanol–water partition coefficient (Wildman–Crippen LogP) is 0.941. The van der Waals surface area contributed by atoms with Gasteiger partial charge in [0.1, 0.15) is 0 Å². The van der Waals surface area contributed by atoms with E-state index in [1.807, 2.05) is 42.3 Å². The van der Waals surface area contributed by atoms with Crippen molar-refractivity contribution in [2.24, 2.45) is 0 Å². The predicted molar refractivity (Wildman–Crippen MR) is 53.7 cm³/mol. The van der Waals surface area contributed by atoms with Crippen LogP contribution >= 0.6 is 7.59 Å². The van der Waals surface area contributed by atoms with E-state index in [1.165, 1.54) is 0 Å². The molecule has 0 rings (SSSR count). The SMILES string of the molecule is CN(C)P(=O)(N(C)C)N(C)C.N. The van der Waals surface area contributed by atoms with Gasteiger partial charge < -0.3 is 6.15 Å². The van der Waals surface area contributed by atoms with E-state index in [9.17, 15) is 4.57 Å². The molecule has 3 N–H and O–H groups in total. The average molecular weight is 196 g/mol. The summed E-state index contributed by atoms with van der Waals surface area (Å²) in [6.45, 7) is 0. The van der Waals surface area contributed by atoms with Gasteiger partial charge >= 0.3 is 0 Å². The first-order valence-corrected chi connectivity index (χ1v) is 5.03. The van der Waals surface area contributed by atoms with Crippen LogP contribution in [0.15, 0.2) is 0 Å². The zero-order valence-electron chi connectivity index (χ0n) is 8.90. The summed E-state index contributed by atoms with van der Waals surface area (Å²) in [4.78, 5) is 0. The second-order valence-electron chi connectivity index (χ2n) is 3.05. The third-order valence-electron chi connectivity index (χ3n) is 1.56. The Hall–Kier alpha value is 0.0700. The molecular weight excluding hydrogens is 175 g/mol. The van der Waals surface area contributed by atoms with Gasteiger partial charge in [-0.1, -0.05) is 0 Å². The Morgan fingerprint density at radius 3 is 0.917 bits per heavy atom. The van der Waals surface area contributed by atoms with Gasteiger partial charge in [0.05, 0.1) is 0 Å². The van der Waals surface area contributed by atoms with Crippen molar-refractivity contribution < 1.29 is 4.57 Å². The molecule has 6 heteroatoms. The fraction of sp³-hybridized carbons (Fsp3) is 1.00. The van der Waals surface area contributed by atoms with Crippen molar-refractivity contribution >= 4 is 7.59 Å². The molecule has 0 aliphatic carbocycles. The summed E-state index contributed by atoms with van der Waals surface area (Å²) in [6, 6.07) is 0. The van der Waals surface area contributed by atoms with Crippen LogP contribution in [0.25, 0.3) is 0 Å². The molecule has 5 nitrogen and oxygen atoms in total. The molecular formula is C6H21N4OP. The molecule has 0 aliphatic rings. The maximum absolute atomic E-state index is 12.1. The van der Waals surface area contributed by atoms with Gasteiger partial charge in [-0.15, -0.1) is 0 Å². The highest BCUT2D eigenvalue weighted by Gasteiger charge is 2.30. The van der Waals surface area contributed by atoms with Gasteiger partial charge in [-0.2, -0.15) is 0 Å². The highest BCUT2D eigenvalue weighted by Crippen LogP contribution is 2.50. The Morgan fingerprint density at radius 1 is 0.750 bits per heavy atom. The van der Waals surface area contributed by atoms with Crippen LogP contribution in [0.5, 0.6) is 0 Å². The molecule has 0 radical (unpaired) electrons. The number of hydrogen-bond acceptors (Lipinski definition) is 2. The molecule has 0 aromatic carbocycles. The average Bonchev–Trinajstić information content (AvgIpc) is 1.84. The van der Waals surface area contributed by atoms with Crippen LogP contribution in [-0.4, -0.2) is 56.3 Å². The highest BCUT2D eigenvalue weighted by atomic mass is 31.2. The molecule has 0 heterocycles. The Morgan fingerprint density at radius 2 is 0.917 bits per heavy atom. The summed E-state index contributed by atoms with van der Waals surface area (Å²) in [5.74, 6) is 0. The summed E-state index contributed by atoms with van der Waals surface area (Å²) in [6.07, 6.45) is 0. The van der Waals surface area contributed by atoms with E-state index in [0.29, 0.717) is 0 Å². The van der Waals surface area contributed by atoms with Crippen LogP contribution in [0.4, 0.5) is 0 Å². The van der Waals surface area contributed by atoms with Crippen LogP contribution in [0.3, 0.4) is 0 Å². The molecule has 0 aromatic rings. The highest BCUT2D eigenvalue weighted by molar-refractivity contribution is 7.56. The van der Waals surface area contributed by atoms with E-state index in [-0.39, 0.29) is 6.15 Å². The van der Waals surface area contributed by atoms with E-state index < -0.39 is 7.59 Å². The lowest BCUT2D eigenvalue weighted by atomic mass is 11.2. The quantitative estimate of drug-likeness (QED) is 0.681. The Bertz CT molecular complexity index is 140. The number of rotatable bonds is 3. The summed E-state index contributed by atoms with van der Waals surface area (Å²) in [7, 11) is 8.49. The van der Waals surface area contributed by atoms with Crippen LogP contribution in [0.1, 0.15) is 0 Å². The van der Waals surface area contributed by atoms with Gasteiger partial charge in [0.25, 0.3) is 7.59 Å². The molecule has 0 saturated heterocycles. The second-order valence-corrected chi connectivity index (χ2v) is 6.48. The van der Waals surface area contributed by atoms with Crippen LogP contribution in [0.2, 0.25) is 0 Å². The van der Waals surface area contributed by atoms with Crippen LogP contribution in [0, 0.1) is 0 Å². The van der Waals surface area contributed by atoms with E-state index in [4.69, 9.17) is 0 Å². The monoisotopic (exact) mass is 196 g/mol. The number of hydrogen-bond donors (Lipinski definition) is 1. The lowest BCUT2D eigenvalue weighted by Gasteiger charge is -2.34. The minimum Gasteiger partial charge on any atom is -0.344 e. The second kappa shape index (κ2) is 4.94. The molecule has 0 unspecified atom stereocenters. The van der Waals surface area contributed by atoms with Gasteiger partial charge in [-0.05, 0) is 42.3 Å². The smallest absolute Gasteiger partial charge is 0.285 e. The maximum atomic E-state index is 12.1. The third kappa shape index (κ3) is 2.54. The van der Waals surface area contributed by atoms with E-state index >= 15 is 0 Å². The number of nitrogens with zero attached hydrogens (tertiary/aromatic N) is 3. The van der Waals surface area contributed by atoms with Crippen molar-refractivity contribution in [3.05, 3.63) is 0 Å². The minimum atomic E-state index is -2.44. The van der Waals surface area contributed by atoms with Crippen LogP contribution in [-0.2, 0) is 4.57 Å². The third-order valence-corrected chi connectivity index (χ3v) is 4.69. The fourth-order valence-electron chi connectivity index (χ4n) is 1.07. The molecule has 0 amide bonds. The molecule has 0 fully saturated rings. The Kier molecular flexibility index (Phi) is 6.01. The molecule has 12 heavy (non-hydrogen) atoms. The van der Waals surface area contributed by atoms with Crippen molar-refractivity contribution in [3.8, 4) is 0 Å². The molecule has 76 valence electrons. The minimum absolute atomic E-state index is 0. The van der Waals surface area contributed by atoms with Crippen molar-refractivity contribution in [3.63, 3.8) is 0 Å². The van der Waals surface area contributed by atoms with Gasteiger partial charge in [-0.3, -0.25) is 4.57 Å². The van der Waals surface area contributed by atoms with Crippen molar-refractivity contribution in [1.29, 1.82) is 0 Å². The topological polar surface area (TPSA) is 61.8 Å². The lowest BCUT2D eigenvalue weighted by Crippen LogP contribution is -2.30. The van der Waals surface area contributed by atoms with Crippen molar-refractivity contribution in [2.45, 2.75) is 0 Å². The molecule has 0 bridgehead atoms. The zero-order chi connectivity index (χ0) is 9.23. The standard InChI is InChI=1S/C6H18N3OP.H3N/c1-7(2)11(10,8(3)4)9(5)6;/h1-6H3;1H3. The summed E-state index contributed by atoms with van der Waals surface area (Å²) in [5.41, 5.74) is 0. The molecule has 0 atom stereocenters. The van der Waals surface area contributed by atoms with E-state index in [1.54, 1.807) is 14.0 Å². The molecule has 0 spiro atoms. The first-order chi connectivity index (χ1) is 4.83. The van der Waals surface area contributed by atoms with Crippen molar-refractivity contribution in [2.75, 3.05) is 42.3 Å². The van der Waals surface area contributed by atoms with Crippen molar-refractivity contribution in [1.82, 2.24) is 20.2 Å². The van der Waals surface area contributed by atoms with E-state index in [2.05, 4.69) is 0 Å². The summed E-state index contributed by atoms with van der Waals surface area (Å²) < 4.78 is 17.3. The molecule has 0 aliphatic heterocycles. The maximum Gasteiger partial charge on any atom is 0.285 e.